The van der Waals surface area contributed by atoms with Gasteiger partial charge in [0.25, 0.3) is 17.5 Å². The van der Waals surface area contributed by atoms with Crippen LogP contribution in [0.2, 0.25) is 0 Å². The predicted molar refractivity (Wildman–Crippen MR) is 108 cm³/mol. The highest BCUT2D eigenvalue weighted by molar-refractivity contribution is 5.90. The van der Waals surface area contributed by atoms with Crippen molar-refractivity contribution >= 4 is 16.6 Å². The van der Waals surface area contributed by atoms with E-state index in [0.29, 0.717) is 12.8 Å². The van der Waals surface area contributed by atoms with Gasteiger partial charge in [-0.2, -0.15) is 5.10 Å². The van der Waals surface area contributed by atoms with E-state index in [1.807, 2.05) is 0 Å². The standard InChI is InChI=1S/C21H20F4N4O2/c1-11(12-4-3-5-13(17(12)23)18(24)25)26-19-15-9-29(21(10-22)6-7-21)16(30)8-14(15)20(31)28(2)27-19/h3-5,8-9,11,18H,6-7,10H2,1-2H3,(H,26,27)/t11-/m1/s1. The summed E-state index contributed by atoms with van der Waals surface area (Å²) >= 11 is 0. The largest absolute Gasteiger partial charge is 0.361 e. The van der Waals surface area contributed by atoms with E-state index in [4.69, 9.17) is 0 Å². The average molecular weight is 436 g/mol. The van der Waals surface area contributed by atoms with Crippen LogP contribution in [0.4, 0.5) is 23.4 Å². The van der Waals surface area contributed by atoms with Crippen molar-refractivity contribution in [3.05, 3.63) is 68.1 Å². The zero-order valence-electron chi connectivity index (χ0n) is 16.8. The van der Waals surface area contributed by atoms with Gasteiger partial charge in [0.15, 0.2) is 5.82 Å². The Morgan fingerprint density at radius 1 is 1.19 bits per heavy atom. The number of halogens is 4. The van der Waals surface area contributed by atoms with E-state index < -0.39 is 47.2 Å². The third-order valence-corrected chi connectivity index (χ3v) is 5.78. The molecule has 1 N–H and O–H groups in total. The highest BCUT2D eigenvalue weighted by Gasteiger charge is 2.45. The first-order valence-electron chi connectivity index (χ1n) is 9.71. The summed E-state index contributed by atoms with van der Waals surface area (Å²) < 4.78 is 56.6. The van der Waals surface area contributed by atoms with E-state index in [2.05, 4.69) is 10.4 Å². The van der Waals surface area contributed by atoms with Crippen molar-refractivity contribution in [2.24, 2.45) is 7.05 Å². The number of anilines is 1. The Bertz CT molecular complexity index is 1280. The van der Waals surface area contributed by atoms with Crippen LogP contribution in [-0.4, -0.2) is 21.0 Å². The number of nitrogens with one attached hydrogen (secondary N) is 1. The third kappa shape index (κ3) is 3.49. The second-order valence-electron chi connectivity index (χ2n) is 7.86. The second kappa shape index (κ2) is 7.51. The highest BCUT2D eigenvalue weighted by Crippen LogP contribution is 2.43. The van der Waals surface area contributed by atoms with Gasteiger partial charge in [0, 0.05) is 30.3 Å². The normalized spacial score (nSPS) is 16.0. The van der Waals surface area contributed by atoms with Gasteiger partial charge in [0.2, 0.25) is 0 Å². The van der Waals surface area contributed by atoms with Crippen LogP contribution in [0.5, 0.6) is 0 Å². The number of hydrogen-bond acceptors (Lipinski definition) is 4. The Kier molecular flexibility index (Phi) is 5.10. The number of benzene rings is 1. The van der Waals surface area contributed by atoms with Gasteiger partial charge in [-0.05, 0) is 19.8 Å². The molecule has 164 valence electrons. The van der Waals surface area contributed by atoms with Crippen molar-refractivity contribution < 1.29 is 17.6 Å². The van der Waals surface area contributed by atoms with Crippen molar-refractivity contribution in [1.82, 2.24) is 14.3 Å². The van der Waals surface area contributed by atoms with Crippen molar-refractivity contribution in [3.63, 3.8) is 0 Å². The minimum absolute atomic E-state index is 0.00246. The van der Waals surface area contributed by atoms with Crippen LogP contribution in [0.15, 0.2) is 40.1 Å². The molecular formula is C21H20F4N4O2. The molecule has 0 amide bonds. The van der Waals surface area contributed by atoms with Crippen molar-refractivity contribution in [2.45, 2.75) is 37.8 Å². The van der Waals surface area contributed by atoms with Crippen molar-refractivity contribution in [1.29, 1.82) is 0 Å². The first kappa shape index (κ1) is 21.1. The summed E-state index contributed by atoms with van der Waals surface area (Å²) in [5.74, 6) is -0.882. The highest BCUT2D eigenvalue weighted by atomic mass is 19.3. The Labute approximate surface area is 174 Å². The fourth-order valence-electron chi connectivity index (χ4n) is 3.74. The smallest absolute Gasteiger partial charge is 0.274 e. The minimum atomic E-state index is -2.96. The molecule has 0 radical (unpaired) electrons. The van der Waals surface area contributed by atoms with Crippen LogP contribution < -0.4 is 16.4 Å². The lowest BCUT2D eigenvalue weighted by molar-refractivity contribution is 0.146. The first-order valence-corrected chi connectivity index (χ1v) is 9.71. The fourth-order valence-corrected chi connectivity index (χ4v) is 3.74. The molecule has 0 spiro atoms. The van der Waals surface area contributed by atoms with Gasteiger partial charge >= 0.3 is 0 Å². The molecule has 0 saturated heterocycles. The van der Waals surface area contributed by atoms with Gasteiger partial charge in [0.05, 0.1) is 22.5 Å². The number of alkyl halides is 3. The van der Waals surface area contributed by atoms with Gasteiger partial charge in [-0.15, -0.1) is 0 Å². The van der Waals surface area contributed by atoms with Crippen LogP contribution in [0.25, 0.3) is 10.8 Å². The van der Waals surface area contributed by atoms with Crippen LogP contribution in [0, 0.1) is 5.82 Å². The second-order valence-corrected chi connectivity index (χ2v) is 7.86. The molecule has 1 fully saturated rings. The average Bonchev–Trinajstić information content (AvgIpc) is 3.52. The molecular weight excluding hydrogens is 416 g/mol. The maximum absolute atomic E-state index is 14.6. The molecule has 0 unspecified atom stereocenters. The summed E-state index contributed by atoms with van der Waals surface area (Å²) in [6, 6.07) is 4.08. The van der Waals surface area contributed by atoms with Gasteiger partial charge in [-0.1, -0.05) is 18.2 Å². The number of aromatic nitrogens is 3. The lowest BCUT2D eigenvalue weighted by atomic mass is 10.0. The van der Waals surface area contributed by atoms with Gasteiger partial charge in [0.1, 0.15) is 12.5 Å². The summed E-state index contributed by atoms with van der Waals surface area (Å²) in [6.07, 6.45) is -0.580. The number of fused-ring (bicyclic) bond motifs is 1. The van der Waals surface area contributed by atoms with E-state index >= 15 is 0 Å². The topological polar surface area (TPSA) is 68.9 Å². The molecule has 1 saturated carbocycles. The summed E-state index contributed by atoms with van der Waals surface area (Å²) in [5.41, 5.74) is -2.66. The molecule has 31 heavy (non-hydrogen) atoms. The molecule has 1 aromatic carbocycles. The minimum Gasteiger partial charge on any atom is -0.361 e. The summed E-state index contributed by atoms with van der Waals surface area (Å²) in [4.78, 5) is 25.0. The molecule has 0 aliphatic heterocycles. The monoisotopic (exact) mass is 436 g/mol. The van der Waals surface area contributed by atoms with Crippen LogP contribution in [0.1, 0.15) is 43.4 Å². The molecule has 2 heterocycles. The molecule has 0 bridgehead atoms. The zero-order valence-corrected chi connectivity index (χ0v) is 16.8. The quantitative estimate of drug-likeness (QED) is 0.597. The molecule has 1 aliphatic rings. The zero-order chi connectivity index (χ0) is 22.5. The number of hydrogen-bond donors (Lipinski definition) is 1. The number of rotatable bonds is 6. The summed E-state index contributed by atoms with van der Waals surface area (Å²) in [6.45, 7) is 0.841. The predicted octanol–water partition coefficient (Wildman–Crippen LogP) is 3.80. The lowest BCUT2D eigenvalue weighted by Crippen LogP contribution is -2.33. The van der Waals surface area contributed by atoms with E-state index in [0.717, 1.165) is 16.8 Å². The van der Waals surface area contributed by atoms with Gasteiger partial charge in [-0.3, -0.25) is 9.59 Å². The van der Waals surface area contributed by atoms with Crippen molar-refractivity contribution in [2.75, 3.05) is 12.0 Å². The Morgan fingerprint density at radius 3 is 2.48 bits per heavy atom. The van der Waals surface area contributed by atoms with Gasteiger partial charge < -0.3 is 9.88 Å². The molecule has 4 rings (SSSR count). The molecule has 10 heteroatoms. The molecule has 1 atom stereocenters. The van der Waals surface area contributed by atoms with E-state index in [-0.39, 0.29) is 22.2 Å². The molecule has 1 aliphatic carbocycles. The lowest BCUT2D eigenvalue weighted by Gasteiger charge is -2.20. The van der Waals surface area contributed by atoms with Crippen LogP contribution in [-0.2, 0) is 12.6 Å². The Morgan fingerprint density at radius 2 is 1.87 bits per heavy atom. The van der Waals surface area contributed by atoms with Crippen LogP contribution >= 0.6 is 0 Å². The molecule has 3 aromatic rings. The molecule has 6 nitrogen and oxygen atoms in total. The summed E-state index contributed by atoms with van der Waals surface area (Å²) in [7, 11) is 1.39. The maximum Gasteiger partial charge on any atom is 0.274 e. The number of pyridine rings is 1. The van der Waals surface area contributed by atoms with E-state index in [9.17, 15) is 27.2 Å². The van der Waals surface area contributed by atoms with Crippen molar-refractivity contribution in [3.8, 4) is 0 Å². The Balaban J connectivity index is 1.83. The van der Waals surface area contributed by atoms with Crippen LogP contribution in [0.3, 0.4) is 0 Å². The number of nitrogens with zero attached hydrogens (tertiary/aromatic N) is 3. The maximum atomic E-state index is 14.6. The first-order chi connectivity index (χ1) is 14.7. The van der Waals surface area contributed by atoms with E-state index in [1.165, 1.54) is 29.9 Å². The SMILES string of the molecule is C[C@@H](Nc1nn(C)c(=O)c2cc(=O)n(C3(CF)CC3)cc12)c1cccc(C(F)F)c1F. The van der Waals surface area contributed by atoms with E-state index in [1.54, 1.807) is 6.92 Å². The van der Waals surface area contributed by atoms with Gasteiger partial charge in [-0.25, -0.2) is 22.2 Å². The number of aryl methyl sites for hydroxylation is 1. The third-order valence-electron chi connectivity index (χ3n) is 5.78. The summed E-state index contributed by atoms with van der Waals surface area (Å²) in [5, 5.41) is 7.45. The Hall–Kier alpha value is -3.17. The molecule has 2 aromatic heterocycles. The fraction of sp³-hybridized carbons (Fsp3) is 0.381.